The summed E-state index contributed by atoms with van der Waals surface area (Å²) in [5.74, 6) is 1.65. The fourth-order valence-corrected chi connectivity index (χ4v) is 3.32. The zero-order valence-electron chi connectivity index (χ0n) is 14.8. The third kappa shape index (κ3) is 3.06. The Labute approximate surface area is 162 Å². The summed E-state index contributed by atoms with van der Waals surface area (Å²) in [4.78, 5) is 22.1. The Morgan fingerprint density at radius 2 is 2.24 bits per heavy atom. The first-order valence-electron chi connectivity index (χ1n) is 8.58. The van der Waals surface area contributed by atoms with Gasteiger partial charge in [0.15, 0.2) is 17.4 Å². The van der Waals surface area contributed by atoms with Crippen LogP contribution in [0.1, 0.15) is 6.23 Å². The van der Waals surface area contributed by atoms with Gasteiger partial charge in [0, 0.05) is 0 Å². The minimum atomic E-state index is -2.55. The van der Waals surface area contributed by atoms with Crippen molar-refractivity contribution in [2.24, 2.45) is 0 Å². The molecule has 2 fully saturated rings. The molecule has 2 aromatic rings. The number of nitrogens with two attached hydrogens (primary N) is 1. The van der Waals surface area contributed by atoms with Gasteiger partial charge in [-0.2, -0.15) is 4.98 Å². The molecule has 4 heterocycles. The number of hydrogen-bond donors (Lipinski definition) is 5. The monoisotopic (exact) mass is 411 g/mol. The number of anilines is 1. The molecule has 0 radical (unpaired) electrons. The van der Waals surface area contributed by atoms with Crippen LogP contribution in [-0.4, -0.2) is 84.4 Å². The second kappa shape index (κ2) is 7.02. The van der Waals surface area contributed by atoms with Crippen molar-refractivity contribution >= 4 is 17.1 Å². The Morgan fingerprint density at radius 3 is 2.97 bits per heavy atom. The first kappa shape index (κ1) is 19.7. The molecule has 156 valence electrons. The van der Waals surface area contributed by atoms with Gasteiger partial charge in [-0.25, -0.2) is 9.37 Å². The minimum absolute atomic E-state index is 0.0335. The summed E-state index contributed by atoms with van der Waals surface area (Å²) in [6.07, 6.45) is -1.94. The van der Waals surface area contributed by atoms with Gasteiger partial charge in [-0.1, -0.05) is 5.92 Å². The number of aromatic nitrogens is 4. The molecule has 6 N–H and O–H groups in total. The summed E-state index contributed by atoms with van der Waals surface area (Å²) in [6.45, 7) is -0.754. The summed E-state index contributed by atoms with van der Waals surface area (Å²) in [7, 11) is 0. The largest absolute Gasteiger partial charge is 0.387 e. The summed E-state index contributed by atoms with van der Waals surface area (Å²) >= 11 is 0. The van der Waals surface area contributed by atoms with Crippen molar-refractivity contribution < 1.29 is 33.9 Å². The van der Waals surface area contributed by atoms with Crippen LogP contribution in [0, 0.1) is 12.3 Å². The molecular formula is C16H18FN5O7. The lowest BCUT2D eigenvalue weighted by molar-refractivity contribution is -0.180. The molecule has 7 atom stereocenters. The predicted molar refractivity (Wildman–Crippen MR) is 92.9 cm³/mol. The maximum atomic E-state index is 14.5. The van der Waals surface area contributed by atoms with Gasteiger partial charge < -0.3 is 35.3 Å². The highest BCUT2D eigenvalue weighted by molar-refractivity contribution is 5.70. The average Bonchev–Trinajstić information content (AvgIpc) is 3.31. The van der Waals surface area contributed by atoms with E-state index in [4.69, 9.17) is 26.4 Å². The van der Waals surface area contributed by atoms with Crippen LogP contribution in [0.15, 0.2) is 11.1 Å². The molecule has 29 heavy (non-hydrogen) atoms. The van der Waals surface area contributed by atoms with Crippen molar-refractivity contribution in [3.8, 4) is 12.3 Å². The Morgan fingerprint density at radius 1 is 1.48 bits per heavy atom. The zero-order chi connectivity index (χ0) is 20.9. The molecule has 0 saturated carbocycles. The molecule has 0 spiro atoms. The van der Waals surface area contributed by atoms with Crippen LogP contribution >= 0.6 is 0 Å². The molecule has 13 heteroatoms. The molecule has 0 unspecified atom stereocenters. The number of nitrogen functional groups attached to an aromatic ring is 1. The van der Waals surface area contributed by atoms with Crippen molar-refractivity contribution in [2.45, 2.75) is 42.6 Å². The highest BCUT2D eigenvalue weighted by Crippen LogP contribution is 2.34. The number of alkyl halides is 1. The standard InChI is InChI=1S/C16H18FN5O7/c1-2-16(17)7(23)4-28-14(16)27-3-6-9(24)10(25)13(29-6)22-5-19-8-11(22)20-15(18)21-12(8)26/h1,5-7,9-10,13-14,23-25H,3-4H2,(H3,18,20,21,26)/t6-,7-,9-,10-,13-,14-,16+/m1/s1. The van der Waals surface area contributed by atoms with Gasteiger partial charge in [-0.3, -0.25) is 14.3 Å². The second-order valence-corrected chi connectivity index (χ2v) is 6.75. The Hall–Kier alpha value is -2.60. The van der Waals surface area contributed by atoms with Crippen LogP contribution in [0.2, 0.25) is 0 Å². The van der Waals surface area contributed by atoms with Crippen LogP contribution < -0.4 is 11.3 Å². The van der Waals surface area contributed by atoms with Crippen molar-refractivity contribution in [3.05, 3.63) is 16.7 Å². The van der Waals surface area contributed by atoms with Gasteiger partial charge in [-0.05, 0) is 0 Å². The van der Waals surface area contributed by atoms with E-state index in [0.717, 1.165) is 0 Å². The Kier molecular flexibility index (Phi) is 4.77. The van der Waals surface area contributed by atoms with E-state index in [1.54, 1.807) is 0 Å². The zero-order valence-corrected chi connectivity index (χ0v) is 14.8. The van der Waals surface area contributed by atoms with E-state index < -0.39 is 54.8 Å². The van der Waals surface area contributed by atoms with Crippen LogP contribution in [0.25, 0.3) is 11.2 Å². The number of ether oxygens (including phenoxy) is 3. The van der Waals surface area contributed by atoms with Gasteiger partial charge in [0.05, 0.1) is 19.5 Å². The highest BCUT2D eigenvalue weighted by atomic mass is 19.1. The van der Waals surface area contributed by atoms with Crippen molar-refractivity contribution in [1.82, 2.24) is 19.5 Å². The average molecular weight is 411 g/mol. The van der Waals surface area contributed by atoms with Crippen LogP contribution in [0.4, 0.5) is 10.3 Å². The van der Waals surface area contributed by atoms with E-state index in [0.29, 0.717) is 0 Å². The molecular weight excluding hydrogens is 393 g/mol. The summed E-state index contributed by atoms with van der Waals surface area (Å²) in [6, 6.07) is 0. The van der Waals surface area contributed by atoms with Gasteiger partial charge in [0.2, 0.25) is 17.9 Å². The fraction of sp³-hybridized carbons (Fsp3) is 0.562. The topological polar surface area (TPSA) is 178 Å². The molecule has 0 aromatic carbocycles. The fourth-order valence-electron chi connectivity index (χ4n) is 3.32. The molecule has 12 nitrogen and oxygen atoms in total. The number of terminal acetylenes is 1. The van der Waals surface area contributed by atoms with Gasteiger partial charge in [-0.15, -0.1) is 6.42 Å². The lowest BCUT2D eigenvalue weighted by Crippen LogP contribution is -2.44. The predicted octanol–water partition coefficient (Wildman–Crippen LogP) is -2.60. The van der Waals surface area contributed by atoms with Gasteiger partial charge >= 0.3 is 0 Å². The SMILES string of the molecule is C#C[C@@]1(F)[C@H](OC[C@H]2O[C@@H](n3cnc4c(=O)[nH]c(N)nc43)[C@H](O)[C@@H]2O)OC[C@H]1O. The number of rotatable bonds is 4. The number of H-pyrrole nitrogens is 1. The van der Waals surface area contributed by atoms with Crippen molar-refractivity contribution in [1.29, 1.82) is 0 Å². The third-order valence-corrected chi connectivity index (χ3v) is 4.93. The number of halogens is 1. The summed E-state index contributed by atoms with van der Waals surface area (Å²) in [5.41, 5.74) is 2.42. The number of imidazole rings is 1. The third-order valence-electron chi connectivity index (χ3n) is 4.93. The lowest BCUT2D eigenvalue weighted by Gasteiger charge is -2.24. The minimum Gasteiger partial charge on any atom is -0.387 e. The van der Waals surface area contributed by atoms with E-state index >= 15 is 0 Å². The van der Waals surface area contributed by atoms with E-state index in [2.05, 4.69) is 15.0 Å². The molecule has 2 saturated heterocycles. The quantitative estimate of drug-likeness (QED) is 0.335. The van der Waals surface area contributed by atoms with Gasteiger partial charge in [0.25, 0.3) is 5.56 Å². The lowest BCUT2D eigenvalue weighted by atomic mass is 10.0. The smallest absolute Gasteiger partial charge is 0.280 e. The van der Waals surface area contributed by atoms with Crippen LogP contribution in [0.3, 0.4) is 0 Å². The normalized spacial score (nSPS) is 37.2. The molecule has 0 aliphatic carbocycles. The number of hydrogen-bond acceptors (Lipinski definition) is 10. The first-order chi connectivity index (χ1) is 13.8. The van der Waals surface area contributed by atoms with Gasteiger partial charge in [0.1, 0.15) is 24.4 Å². The maximum absolute atomic E-state index is 14.5. The maximum Gasteiger partial charge on any atom is 0.280 e. The van der Waals surface area contributed by atoms with Crippen LogP contribution in [-0.2, 0) is 14.2 Å². The molecule has 2 aliphatic rings. The second-order valence-electron chi connectivity index (χ2n) is 6.75. The van der Waals surface area contributed by atoms with Crippen molar-refractivity contribution in [2.75, 3.05) is 18.9 Å². The number of aromatic amines is 1. The highest BCUT2D eigenvalue weighted by Gasteiger charge is 2.53. The number of aliphatic hydroxyl groups excluding tert-OH is 3. The van der Waals surface area contributed by atoms with Crippen molar-refractivity contribution in [3.63, 3.8) is 0 Å². The first-order valence-corrected chi connectivity index (χ1v) is 8.58. The van der Waals surface area contributed by atoms with E-state index in [-0.39, 0.29) is 23.7 Å². The number of nitrogens with one attached hydrogen (secondary N) is 1. The van der Waals surface area contributed by atoms with E-state index in [1.165, 1.54) is 10.9 Å². The number of aliphatic hydroxyl groups is 3. The Bertz CT molecular complexity index is 1020. The number of nitrogens with zero attached hydrogens (tertiary/aromatic N) is 3. The Balaban J connectivity index is 1.52. The number of fused-ring (bicyclic) bond motifs is 1. The summed E-state index contributed by atoms with van der Waals surface area (Å²) < 4.78 is 31.7. The summed E-state index contributed by atoms with van der Waals surface area (Å²) in [5, 5.41) is 30.3. The molecule has 4 rings (SSSR count). The van der Waals surface area contributed by atoms with E-state index in [1.807, 2.05) is 5.92 Å². The van der Waals surface area contributed by atoms with E-state index in [9.17, 15) is 24.5 Å². The molecule has 2 aromatic heterocycles. The molecule has 0 amide bonds. The molecule has 2 aliphatic heterocycles. The van der Waals surface area contributed by atoms with Crippen LogP contribution in [0.5, 0.6) is 0 Å². The molecule has 0 bridgehead atoms.